The topological polar surface area (TPSA) is 113 Å². The fourth-order valence-electron chi connectivity index (χ4n) is 2.78. The molecule has 3 amide bonds. The van der Waals surface area contributed by atoms with Crippen molar-refractivity contribution in [2.24, 2.45) is 0 Å². The van der Waals surface area contributed by atoms with E-state index in [9.17, 15) is 19.2 Å². The van der Waals surface area contributed by atoms with Crippen LogP contribution in [0.2, 0.25) is 0 Å². The maximum Gasteiger partial charge on any atom is 0.305 e. The number of thioether (sulfide) groups is 1. The van der Waals surface area contributed by atoms with Gasteiger partial charge in [-0.1, -0.05) is 11.6 Å². The van der Waals surface area contributed by atoms with Crippen LogP contribution in [0, 0.1) is 6.92 Å². The summed E-state index contributed by atoms with van der Waals surface area (Å²) in [6.45, 7) is 1.88. The number of furan rings is 1. The molecule has 2 aromatic heterocycles. The molecule has 1 atom stereocenters. The van der Waals surface area contributed by atoms with Crippen molar-refractivity contribution in [1.82, 2.24) is 15.3 Å². The Bertz CT molecular complexity index is 1160. The summed E-state index contributed by atoms with van der Waals surface area (Å²) >= 11 is 1.25. The lowest BCUT2D eigenvalue weighted by atomic mass is 10.1. The Balaban J connectivity index is 0.000000491. The minimum absolute atomic E-state index is 0.0784. The number of carbonyl (C=O) groups excluding carboxylic acids is 3. The highest BCUT2D eigenvalue weighted by Gasteiger charge is 2.37. The maximum atomic E-state index is 12.9. The molecule has 9 nitrogen and oxygen atoms in total. The highest BCUT2D eigenvalue weighted by molar-refractivity contribution is 8.00. The van der Waals surface area contributed by atoms with Gasteiger partial charge in [0.25, 0.3) is 5.91 Å². The molecule has 1 aliphatic rings. The average Bonchev–Trinajstić information content (AvgIpc) is 3.40. The largest absolute Gasteiger partial charge is 0.464 e. The van der Waals surface area contributed by atoms with Crippen molar-refractivity contribution < 1.29 is 23.2 Å². The van der Waals surface area contributed by atoms with E-state index >= 15 is 0 Å². The summed E-state index contributed by atoms with van der Waals surface area (Å²) in [5.74, 6) is -0.635. The molecule has 31 heavy (non-hydrogen) atoms. The second-order valence-electron chi connectivity index (χ2n) is 6.93. The lowest BCUT2D eigenvalue weighted by Crippen LogP contribution is -2.45. The highest BCUT2D eigenvalue weighted by Crippen LogP contribution is 2.36. The van der Waals surface area contributed by atoms with E-state index in [1.807, 2.05) is 13.0 Å². The Morgan fingerprint density at radius 3 is 2.65 bits per heavy atom. The van der Waals surface area contributed by atoms with Gasteiger partial charge in [-0.15, -0.1) is 11.8 Å². The van der Waals surface area contributed by atoms with Crippen LogP contribution in [0.15, 0.2) is 56.5 Å². The van der Waals surface area contributed by atoms with Crippen molar-refractivity contribution in [2.75, 3.05) is 19.8 Å². The van der Waals surface area contributed by atoms with Gasteiger partial charge in [0.2, 0.25) is 6.41 Å². The summed E-state index contributed by atoms with van der Waals surface area (Å²) in [4.78, 5) is 48.2. The van der Waals surface area contributed by atoms with Crippen molar-refractivity contribution >= 4 is 41.0 Å². The van der Waals surface area contributed by atoms with Crippen LogP contribution in [0.3, 0.4) is 0 Å². The predicted octanol–water partition coefficient (Wildman–Crippen LogP) is 2.32. The van der Waals surface area contributed by atoms with Gasteiger partial charge in [-0.3, -0.25) is 24.6 Å². The molecular weight excluding hydrogens is 422 g/mol. The van der Waals surface area contributed by atoms with Gasteiger partial charge in [-0.25, -0.2) is 5.01 Å². The summed E-state index contributed by atoms with van der Waals surface area (Å²) in [7, 11) is 3.38. The Kier molecular flexibility index (Phi) is 6.81. The van der Waals surface area contributed by atoms with Crippen molar-refractivity contribution in [3.63, 3.8) is 0 Å². The van der Waals surface area contributed by atoms with Crippen molar-refractivity contribution in [1.29, 1.82) is 0 Å². The van der Waals surface area contributed by atoms with E-state index in [1.165, 1.54) is 35.3 Å². The van der Waals surface area contributed by atoms with Gasteiger partial charge in [0.15, 0.2) is 11.2 Å². The quantitative estimate of drug-likeness (QED) is 0.616. The Morgan fingerprint density at radius 1 is 1.26 bits per heavy atom. The summed E-state index contributed by atoms with van der Waals surface area (Å²) in [6, 6.07) is 8.41. The molecule has 0 saturated carbocycles. The second-order valence-corrected chi connectivity index (χ2v) is 8.00. The van der Waals surface area contributed by atoms with Crippen molar-refractivity contribution in [2.45, 2.75) is 12.3 Å². The molecule has 1 aliphatic heterocycles. The Labute approximate surface area is 181 Å². The molecule has 0 unspecified atom stereocenters. The van der Waals surface area contributed by atoms with Crippen molar-refractivity contribution in [3.05, 3.63) is 70.0 Å². The zero-order valence-electron chi connectivity index (χ0n) is 17.2. The van der Waals surface area contributed by atoms with Crippen LogP contribution in [0.25, 0.3) is 11.0 Å². The molecule has 0 aliphatic carbocycles. The van der Waals surface area contributed by atoms with Gasteiger partial charge in [-0.2, -0.15) is 0 Å². The predicted molar refractivity (Wildman–Crippen MR) is 115 cm³/mol. The van der Waals surface area contributed by atoms with Crippen LogP contribution >= 0.6 is 11.8 Å². The van der Waals surface area contributed by atoms with E-state index in [0.29, 0.717) is 16.5 Å². The second kappa shape index (κ2) is 9.52. The first-order chi connectivity index (χ1) is 14.8. The van der Waals surface area contributed by atoms with Gasteiger partial charge >= 0.3 is 5.91 Å². The van der Waals surface area contributed by atoms with Crippen LogP contribution in [0.5, 0.6) is 0 Å². The highest BCUT2D eigenvalue weighted by atomic mass is 32.2. The number of fused-ring (bicyclic) bond motifs is 1. The zero-order valence-corrected chi connectivity index (χ0v) is 18.0. The number of amides is 3. The van der Waals surface area contributed by atoms with Crippen molar-refractivity contribution in [3.8, 4) is 0 Å². The van der Waals surface area contributed by atoms with E-state index in [1.54, 1.807) is 32.3 Å². The number of hydrogen-bond donors (Lipinski definition) is 1. The number of hydrazine groups is 1. The third-order valence-corrected chi connectivity index (χ3v) is 5.46. The Hall–Kier alpha value is -3.53. The monoisotopic (exact) mass is 443 g/mol. The lowest BCUT2D eigenvalue weighted by molar-refractivity contribution is -0.130. The maximum absolute atomic E-state index is 12.9. The number of nitrogens with zero attached hydrogens (tertiary/aromatic N) is 2. The van der Waals surface area contributed by atoms with Crippen LogP contribution in [0.4, 0.5) is 0 Å². The van der Waals surface area contributed by atoms with E-state index in [4.69, 9.17) is 8.83 Å². The SMILES string of the molecule is CN(C)C=O.Cc1ccc2occ([C@@H]3SCC(=O)N3NC(=O)c3ccco3)c(=O)c2c1. The molecule has 1 aromatic carbocycles. The minimum atomic E-state index is -0.664. The summed E-state index contributed by atoms with van der Waals surface area (Å²) in [5.41, 5.74) is 4.00. The van der Waals surface area contributed by atoms with Crippen LogP contribution < -0.4 is 10.9 Å². The number of hydrogen-bond acceptors (Lipinski definition) is 7. The molecule has 0 bridgehead atoms. The summed E-state index contributed by atoms with van der Waals surface area (Å²) < 4.78 is 10.6. The fourth-order valence-corrected chi connectivity index (χ4v) is 3.88. The van der Waals surface area contributed by atoms with E-state index in [0.717, 1.165) is 17.0 Å². The molecule has 4 rings (SSSR count). The first-order valence-corrected chi connectivity index (χ1v) is 10.3. The number of aryl methyl sites for hydroxylation is 1. The standard InChI is InChI=1S/C18H14N2O5S.C3H7NO/c1-10-4-5-13-11(7-10)16(22)12(8-25-13)18-20(15(21)9-26-18)19-17(23)14-3-2-6-24-14;1-4(2)3-5/h2-8,18H,9H2,1H3,(H,19,23);3H,1-2H3/t18-;/m0./s1. The minimum Gasteiger partial charge on any atom is -0.464 e. The summed E-state index contributed by atoms with van der Waals surface area (Å²) in [5, 5.41) is 0.936. The molecule has 162 valence electrons. The van der Waals surface area contributed by atoms with Gasteiger partial charge in [0.05, 0.1) is 23.0 Å². The molecule has 1 N–H and O–H groups in total. The molecule has 10 heteroatoms. The lowest BCUT2D eigenvalue weighted by Gasteiger charge is -2.23. The molecular formula is C21H21N3O6S. The third kappa shape index (κ3) is 4.97. The number of carbonyl (C=O) groups is 3. The number of benzene rings is 1. The van der Waals surface area contributed by atoms with Crippen LogP contribution in [0.1, 0.15) is 27.1 Å². The van der Waals surface area contributed by atoms with E-state index in [-0.39, 0.29) is 22.8 Å². The first kappa shape index (κ1) is 22.2. The van der Waals surface area contributed by atoms with Crippen LogP contribution in [-0.2, 0) is 9.59 Å². The van der Waals surface area contributed by atoms with Gasteiger partial charge < -0.3 is 13.7 Å². The number of rotatable bonds is 4. The van der Waals surface area contributed by atoms with Gasteiger partial charge in [0, 0.05) is 14.1 Å². The molecule has 0 radical (unpaired) electrons. The first-order valence-electron chi connectivity index (χ1n) is 9.23. The van der Waals surface area contributed by atoms with Crippen LogP contribution in [-0.4, -0.2) is 48.0 Å². The molecule has 3 heterocycles. The number of nitrogens with one attached hydrogen (secondary N) is 1. The van der Waals surface area contributed by atoms with Gasteiger partial charge in [-0.05, 0) is 31.2 Å². The normalized spacial score (nSPS) is 15.4. The van der Waals surface area contributed by atoms with E-state index < -0.39 is 11.3 Å². The molecule has 3 aromatic rings. The molecule has 1 saturated heterocycles. The Morgan fingerprint density at radius 2 is 2.00 bits per heavy atom. The summed E-state index contributed by atoms with van der Waals surface area (Å²) in [6.07, 6.45) is 3.47. The fraction of sp³-hybridized carbons (Fsp3) is 0.238. The van der Waals surface area contributed by atoms with E-state index in [2.05, 4.69) is 5.43 Å². The molecule has 0 spiro atoms. The average molecular weight is 443 g/mol. The molecule has 1 fully saturated rings. The third-order valence-electron chi connectivity index (χ3n) is 4.27. The smallest absolute Gasteiger partial charge is 0.305 e. The zero-order chi connectivity index (χ0) is 22.5. The van der Waals surface area contributed by atoms with Gasteiger partial charge in [0.1, 0.15) is 17.2 Å².